The van der Waals surface area contributed by atoms with E-state index in [2.05, 4.69) is 5.32 Å². The Morgan fingerprint density at radius 2 is 1.66 bits per heavy atom. The van der Waals surface area contributed by atoms with Crippen LogP contribution in [0.1, 0.15) is 48.2 Å². The zero-order valence-corrected chi connectivity index (χ0v) is 17.5. The second kappa shape index (κ2) is 10.9. The van der Waals surface area contributed by atoms with Gasteiger partial charge in [-0.3, -0.25) is 19.7 Å². The molecule has 0 amide bonds. The Morgan fingerprint density at radius 3 is 2.28 bits per heavy atom. The topological polar surface area (TPSA) is 83.5 Å². The van der Waals surface area contributed by atoms with E-state index in [1.807, 2.05) is 24.3 Å². The van der Waals surface area contributed by atoms with Crippen molar-refractivity contribution in [2.75, 3.05) is 0 Å². The van der Waals surface area contributed by atoms with Gasteiger partial charge < -0.3 is 5.11 Å². The van der Waals surface area contributed by atoms with Crippen molar-refractivity contribution in [3.8, 4) is 0 Å². The Morgan fingerprint density at radius 1 is 1.00 bits per heavy atom. The fraction of sp³-hybridized carbons (Fsp3) is 0.261. The molecule has 0 radical (unpaired) electrons. The van der Waals surface area contributed by atoms with Gasteiger partial charge in [0.25, 0.3) is 0 Å². The highest BCUT2D eigenvalue weighted by Gasteiger charge is 2.18. The van der Waals surface area contributed by atoms with Crippen molar-refractivity contribution in [3.05, 3.63) is 82.8 Å². The van der Waals surface area contributed by atoms with Crippen LogP contribution in [0.2, 0.25) is 0 Å². The predicted octanol–water partition coefficient (Wildman–Crippen LogP) is 3.68. The number of thioether (sulfide) groups is 1. The lowest BCUT2D eigenvalue weighted by Gasteiger charge is -2.14. The molecule has 0 fully saturated rings. The largest absolute Gasteiger partial charge is 0.379 e. The summed E-state index contributed by atoms with van der Waals surface area (Å²) in [5.41, 5.74) is 1.89. The summed E-state index contributed by atoms with van der Waals surface area (Å²) in [7, 11) is 0. The van der Waals surface area contributed by atoms with E-state index in [0.29, 0.717) is 11.1 Å². The van der Waals surface area contributed by atoms with Crippen molar-refractivity contribution in [3.63, 3.8) is 0 Å². The third kappa shape index (κ3) is 6.78. The number of aliphatic hydroxyl groups is 1. The predicted molar refractivity (Wildman–Crippen MR) is 116 cm³/mol. The van der Waals surface area contributed by atoms with Crippen LogP contribution in [0.3, 0.4) is 0 Å². The first-order valence-electron chi connectivity index (χ1n) is 9.31. The van der Waals surface area contributed by atoms with E-state index in [1.165, 1.54) is 13.8 Å². The highest BCUT2D eigenvalue weighted by atomic mass is 32.2. The van der Waals surface area contributed by atoms with Gasteiger partial charge in [-0.2, -0.15) is 0 Å². The van der Waals surface area contributed by atoms with E-state index in [4.69, 9.17) is 0 Å². The number of carbonyl (C=O) groups is 3. The van der Waals surface area contributed by atoms with E-state index in [0.717, 1.165) is 17.3 Å². The molecule has 0 bridgehead atoms. The highest BCUT2D eigenvalue weighted by molar-refractivity contribution is 8.16. The third-order valence-corrected chi connectivity index (χ3v) is 5.23. The molecule has 5 nitrogen and oxygen atoms in total. The quantitative estimate of drug-likeness (QED) is 0.484. The van der Waals surface area contributed by atoms with Crippen LogP contribution in [0.25, 0.3) is 0 Å². The van der Waals surface area contributed by atoms with Gasteiger partial charge in [-0.05, 0) is 30.9 Å². The summed E-state index contributed by atoms with van der Waals surface area (Å²) in [6.45, 7) is 4.72. The second-order valence-corrected chi connectivity index (χ2v) is 7.65. The zero-order chi connectivity index (χ0) is 21.4. The number of hydrogen-bond acceptors (Lipinski definition) is 6. The average Bonchev–Trinajstić information content (AvgIpc) is 2.72. The molecule has 2 aromatic carbocycles. The molecule has 2 rings (SSSR count). The summed E-state index contributed by atoms with van der Waals surface area (Å²) >= 11 is 0.985. The molecule has 0 saturated carbocycles. The fourth-order valence-electron chi connectivity index (χ4n) is 2.70. The van der Waals surface area contributed by atoms with Gasteiger partial charge in [0.05, 0.1) is 12.0 Å². The van der Waals surface area contributed by atoms with E-state index in [9.17, 15) is 19.5 Å². The van der Waals surface area contributed by atoms with Crippen molar-refractivity contribution >= 4 is 28.4 Å². The van der Waals surface area contributed by atoms with E-state index < -0.39 is 18.2 Å². The van der Waals surface area contributed by atoms with E-state index in [-0.39, 0.29) is 16.7 Å². The summed E-state index contributed by atoms with van der Waals surface area (Å²) < 4.78 is 0. The Kier molecular flexibility index (Phi) is 8.51. The van der Waals surface area contributed by atoms with Crippen LogP contribution in [0, 0.1) is 0 Å². The molecule has 152 valence electrons. The smallest absolute Gasteiger partial charge is 0.200 e. The molecular weight excluding hydrogens is 386 g/mol. The van der Waals surface area contributed by atoms with Crippen LogP contribution in [0.4, 0.5) is 0 Å². The summed E-state index contributed by atoms with van der Waals surface area (Å²) in [6, 6.07) is 15.4. The van der Waals surface area contributed by atoms with Crippen LogP contribution in [-0.2, 0) is 9.59 Å². The Hall–Kier alpha value is -2.54. The van der Waals surface area contributed by atoms with Crippen molar-refractivity contribution in [2.45, 2.75) is 39.0 Å². The van der Waals surface area contributed by atoms with Gasteiger partial charge in [-0.15, -0.1) is 0 Å². The lowest BCUT2D eigenvalue weighted by molar-refractivity contribution is -0.118. The SMILES string of the molecule is CC(=O)C(C=CSC(=O)C(C)c1cccc(C(=O)c2ccccc2)c1)NC(C)O. The van der Waals surface area contributed by atoms with Gasteiger partial charge in [0.15, 0.2) is 16.7 Å². The molecule has 0 heterocycles. The molecule has 2 aromatic rings. The molecule has 0 aromatic heterocycles. The average molecular weight is 412 g/mol. The van der Waals surface area contributed by atoms with Gasteiger partial charge in [-0.25, -0.2) is 0 Å². The lowest BCUT2D eigenvalue weighted by atomic mass is 9.96. The first kappa shape index (κ1) is 22.7. The molecule has 0 saturated heterocycles. The molecule has 0 spiro atoms. The molecule has 3 atom stereocenters. The molecular formula is C23H25NO4S. The van der Waals surface area contributed by atoms with Gasteiger partial charge in [0.2, 0.25) is 0 Å². The van der Waals surface area contributed by atoms with Crippen LogP contribution < -0.4 is 5.32 Å². The first-order valence-corrected chi connectivity index (χ1v) is 10.2. The minimum Gasteiger partial charge on any atom is -0.379 e. The number of ketones is 2. The molecule has 0 aliphatic carbocycles. The van der Waals surface area contributed by atoms with E-state index >= 15 is 0 Å². The third-order valence-electron chi connectivity index (χ3n) is 4.35. The van der Waals surface area contributed by atoms with Crippen molar-refractivity contribution in [1.29, 1.82) is 0 Å². The maximum atomic E-state index is 12.6. The summed E-state index contributed by atoms with van der Waals surface area (Å²) in [5.74, 6) is -0.669. The maximum Gasteiger partial charge on any atom is 0.200 e. The highest BCUT2D eigenvalue weighted by Crippen LogP contribution is 2.24. The minimum atomic E-state index is -0.835. The van der Waals surface area contributed by atoms with E-state index in [1.54, 1.807) is 48.7 Å². The number of Topliss-reactive ketones (excluding diaryl/α,β-unsaturated/α-hetero) is 1. The first-order chi connectivity index (χ1) is 13.8. The maximum absolute atomic E-state index is 12.6. The summed E-state index contributed by atoms with van der Waals surface area (Å²) in [4.78, 5) is 36.7. The monoisotopic (exact) mass is 411 g/mol. The number of benzene rings is 2. The van der Waals surface area contributed by atoms with Crippen LogP contribution in [0.5, 0.6) is 0 Å². The van der Waals surface area contributed by atoms with Gasteiger partial charge in [0.1, 0.15) is 6.23 Å². The number of rotatable bonds is 9. The van der Waals surface area contributed by atoms with Crippen LogP contribution in [0.15, 0.2) is 66.1 Å². The number of nitrogens with one attached hydrogen (secondary N) is 1. The molecule has 29 heavy (non-hydrogen) atoms. The fourth-order valence-corrected chi connectivity index (χ4v) is 3.41. The zero-order valence-electron chi connectivity index (χ0n) is 16.7. The number of aliphatic hydroxyl groups excluding tert-OH is 1. The van der Waals surface area contributed by atoms with Crippen LogP contribution in [-0.4, -0.2) is 34.1 Å². The molecule has 2 N–H and O–H groups in total. The van der Waals surface area contributed by atoms with Crippen molar-refractivity contribution in [2.24, 2.45) is 0 Å². The van der Waals surface area contributed by atoms with Crippen molar-refractivity contribution in [1.82, 2.24) is 5.32 Å². The molecule has 6 heteroatoms. The number of carbonyl (C=O) groups excluding carboxylic acids is 3. The Labute approximate surface area is 175 Å². The van der Waals surface area contributed by atoms with Gasteiger partial charge >= 0.3 is 0 Å². The number of hydrogen-bond donors (Lipinski definition) is 2. The Bertz CT molecular complexity index is 893. The lowest BCUT2D eigenvalue weighted by Crippen LogP contribution is -2.39. The summed E-state index contributed by atoms with van der Waals surface area (Å²) in [6.07, 6.45) is 0.720. The van der Waals surface area contributed by atoms with Crippen LogP contribution >= 0.6 is 11.8 Å². The van der Waals surface area contributed by atoms with Gasteiger partial charge in [-0.1, -0.05) is 73.3 Å². The second-order valence-electron chi connectivity index (χ2n) is 6.74. The Balaban J connectivity index is 2.07. The molecule has 0 aliphatic rings. The minimum absolute atomic E-state index is 0.0897. The molecule has 3 unspecified atom stereocenters. The summed E-state index contributed by atoms with van der Waals surface area (Å²) in [5, 5.41) is 13.5. The normalized spacial score (nSPS) is 14.3. The van der Waals surface area contributed by atoms with Gasteiger partial charge in [0, 0.05) is 11.1 Å². The standard InChI is InChI=1S/C23H25NO4S/c1-15(23(28)29-13-12-21(16(2)25)24-17(3)26)19-10-7-11-20(14-19)22(27)18-8-5-4-6-9-18/h4-15,17,21,24,26H,1-3H3. The molecule has 0 aliphatic heterocycles. The van der Waals surface area contributed by atoms with Crippen molar-refractivity contribution < 1.29 is 19.5 Å².